The summed E-state index contributed by atoms with van der Waals surface area (Å²) in [7, 11) is -0.109. The van der Waals surface area contributed by atoms with Crippen molar-refractivity contribution >= 4 is 10.0 Å². The van der Waals surface area contributed by atoms with Gasteiger partial charge in [0.05, 0.1) is 18.5 Å². The normalized spacial score (nSPS) is 17.9. The summed E-state index contributed by atoms with van der Waals surface area (Å²) in [6, 6.07) is 0.625. The molecule has 0 bridgehead atoms. The zero-order valence-electron chi connectivity index (χ0n) is 11.1. The summed E-state index contributed by atoms with van der Waals surface area (Å²) in [4.78, 5) is 0. The number of methoxy groups -OCH3 is 2. The molecule has 7 heteroatoms. The molecular formula is C11H24N2O4S. The molecule has 1 aliphatic carbocycles. The Balaban J connectivity index is 2.12. The Hall–Kier alpha value is -0.210. The zero-order chi connectivity index (χ0) is 13.4. The second-order valence-electron chi connectivity index (χ2n) is 4.56. The van der Waals surface area contributed by atoms with Crippen LogP contribution in [0.2, 0.25) is 0 Å². The fraction of sp³-hybridized carbons (Fsp3) is 1.00. The second-order valence-corrected chi connectivity index (χ2v) is 6.49. The van der Waals surface area contributed by atoms with Gasteiger partial charge in [-0.3, -0.25) is 0 Å². The summed E-state index contributed by atoms with van der Waals surface area (Å²) >= 11 is 0. The highest BCUT2D eigenvalue weighted by Crippen LogP contribution is 2.18. The van der Waals surface area contributed by atoms with Crippen molar-refractivity contribution in [3.8, 4) is 0 Å². The Morgan fingerprint density at radius 3 is 2.61 bits per heavy atom. The highest BCUT2D eigenvalue weighted by Gasteiger charge is 2.20. The third kappa shape index (κ3) is 7.27. The van der Waals surface area contributed by atoms with Gasteiger partial charge in [-0.15, -0.1) is 0 Å². The Bertz CT molecular complexity index is 317. The van der Waals surface area contributed by atoms with E-state index in [0.29, 0.717) is 19.1 Å². The van der Waals surface area contributed by atoms with Crippen LogP contribution < -0.4 is 10.0 Å². The fourth-order valence-electron chi connectivity index (χ4n) is 1.54. The molecule has 0 amide bonds. The molecule has 18 heavy (non-hydrogen) atoms. The molecule has 0 radical (unpaired) electrons. The lowest BCUT2D eigenvalue weighted by molar-refractivity contribution is 0.0320. The van der Waals surface area contributed by atoms with E-state index in [4.69, 9.17) is 9.47 Å². The van der Waals surface area contributed by atoms with Crippen molar-refractivity contribution in [3.63, 3.8) is 0 Å². The van der Waals surface area contributed by atoms with Gasteiger partial charge < -0.3 is 14.8 Å². The van der Waals surface area contributed by atoms with E-state index in [-0.39, 0.29) is 18.4 Å². The monoisotopic (exact) mass is 280 g/mol. The predicted octanol–water partition coefficient (Wildman–Crippen LogP) is -0.291. The molecule has 1 aliphatic rings. The molecular weight excluding hydrogens is 256 g/mol. The lowest BCUT2D eigenvalue weighted by Crippen LogP contribution is -2.37. The molecule has 1 atom stereocenters. The molecule has 1 rings (SSSR count). The molecule has 108 valence electrons. The molecule has 0 aromatic carbocycles. The number of ether oxygens (including phenoxy) is 2. The SMILES string of the molecule is COCC(CNS(=O)(=O)CCCNC1CC1)OC. The van der Waals surface area contributed by atoms with Gasteiger partial charge in [0, 0.05) is 26.8 Å². The lowest BCUT2D eigenvalue weighted by atomic mass is 10.4. The van der Waals surface area contributed by atoms with Crippen LogP contribution in [0.15, 0.2) is 0 Å². The lowest BCUT2D eigenvalue weighted by Gasteiger charge is -2.15. The van der Waals surface area contributed by atoms with Crippen molar-refractivity contribution < 1.29 is 17.9 Å². The van der Waals surface area contributed by atoms with Crippen LogP contribution in [0.5, 0.6) is 0 Å². The van der Waals surface area contributed by atoms with Crippen LogP contribution in [-0.4, -0.2) is 60.2 Å². The minimum Gasteiger partial charge on any atom is -0.382 e. The van der Waals surface area contributed by atoms with Gasteiger partial charge in [-0.05, 0) is 25.8 Å². The van der Waals surface area contributed by atoms with Crippen molar-refractivity contribution in [3.05, 3.63) is 0 Å². The first-order chi connectivity index (χ1) is 8.57. The van der Waals surface area contributed by atoms with Crippen molar-refractivity contribution in [1.29, 1.82) is 0 Å². The van der Waals surface area contributed by atoms with Gasteiger partial charge in [0.15, 0.2) is 0 Å². The number of sulfonamides is 1. The highest BCUT2D eigenvalue weighted by atomic mass is 32.2. The van der Waals surface area contributed by atoms with Crippen LogP contribution >= 0.6 is 0 Å². The summed E-state index contributed by atoms with van der Waals surface area (Å²) in [5.41, 5.74) is 0. The molecule has 0 saturated heterocycles. The van der Waals surface area contributed by atoms with Gasteiger partial charge in [-0.25, -0.2) is 13.1 Å². The third-order valence-corrected chi connectivity index (χ3v) is 4.25. The van der Waals surface area contributed by atoms with Crippen LogP contribution in [0.4, 0.5) is 0 Å². The van der Waals surface area contributed by atoms with Gasteiger partial charge in [0.1, 0.15) is 0 Å². The number of rotatable bonds is 11. The molecule has 0 aromatic rings. The molecule has 1 fully saturated rings. The van der Waals surface area contributed by atoms with E-state index in [9.17, 15) is 8.42 Å². The van der Waals surface area contributed by atoms with Crippen molar-refractivity contribution in [2.24, 2.45) is 0 Å². The summed E-state index contributed by atoms with van der Waals surface area (Å²) < 4.78 is 35.9. The number of hydrogen-bond donors (Lipinski definition) is 2. The minimum atomic E-state index is -3.21. The van der Waals surface area contributed by atoms with Crippen molar-refractivity contribution in [2.45, 2.75) is 31.4 Å². The quantitative estimate of drug-likeness (QED) is 0.509. The van der Waals surface area contributed by atoms with E-state index in [0.717, 1.165) is 6.54 Å². The highest BCUT2D eigenvalue weighted by molar-refractivity contribution is 7.89. The van der Waals surface area contributed by atoms with Crippen LogP contribution in [0, 0.1) is 0 Å². The van der Waals surface area contributed by atoms with Crippen LogP contribution in [-0.2, 0) is 19.5 Å². The first-order valence-corrected chi connectivity index (χ1v) is 7.95. The van der Waals surface area contributed by atoms with Gasteiger partial charge >= 0.3 is 0 Å². The maximum atomic E-state index is 11.7. The average molecular weight is 280 g/mol. The number of hydrogen-bond acceptors (Lipinski definition) is 5. The fourth-order valence-corrected chi connectivity index (χ4v) is 2.65. The third-order valence-electron chi connectivity index (χ3n) is 2.82. The largest absolute Gasteiger partial charge is 0.382 e. The molecule has 0 heterocycles. The van der Waals surface area contributed by atoms with Crippen molar-refractivity contribution in [2.75, 3.05) is 39.7 Å². The molecule has 1 unspecified atom stereocenters. The molecule has 0 spiro atoms. The maximum absolute atomic E-state index is 11.7. The Morgan fingerprint density at radius 1 is 1.33 bits per heavy atom. The topological polar surface area (TPSA) is 76.7 Å². The predicted molar refractivity (Wildman–Crippen MR) is 70.1 cm³/mol. The summed E-state index contributed by atoms with van der Waals surface area (Å²) in [6.07, 6.45) is 2.83. The zero-order valence-corrected chi connectivity index (χ0v) is 12.0. The first kappa shape index (κ1) is 15.8. The van der Waals surface area contributed by atoms with E-state index >= 15 is 0 Å². The van der Waals surface area contributed by atoms with E-state index in [1.54, 1.807) is 7.11 Å². The molecule has 0 aromatic heterocycles. The van der Waals surface area contributed by atoms with Crippen molar-refractivity contribution in [1.82, 2.24) is 10.0 Å². The Labute approximate surface area is 109 Å². The van der Waals surface area contributed by atoms with E-state index < -0.39 is 10.0 Å². The van der Waals surface area contributed by atoms with Gasteiger partial charge in [0.25, 0.3) is 0 Å². The summed E-state index contributed by atoms with van der Waals surface area (Å²) in [6.45, 7) is 1.39. The van der Waals surface area contributed by atoms with Gasteiger partial charge in [-0.1, -0.05) is 0 Å². The molecule has 0 aliphatic heterocycles. The van der Waals surface area contributed by atoms with Gasteiger partial charge in [0.2, 0.25) is 10.0 Å². The molecule has 2 N–H and O–H groups in total. The Kier molecular flexibility index (Phi) is 7.10. The van der Waals surface area contributed by atoms with E-state index in [1.807, 2.05) is 0 Å². The summed E-state index contributed by atoms with van der Waals surface area (Å²) in [5.74, 6) is 0.149. The van der Waals surface area contributed by atoms with E-state index in [2.05, 4.69) is 10.0 Å². The molecule has 1 saturated carbocycles. The second kappa shape index (κ2) is 8.06. The Morgan fingerprint density at radius 2 is 2.06 bits per heavy atom. The summed E-state index contributed by atoms with van der Waals surface area (Å²) in [5, 5.41) is 3.29. The van der Waals surface area contributed by atoms with Crippen LogP contribution in [0.1, 0.15) is 19.3 Å². The van der Waals surface area contributed by atoms with Gasteiger partial charge in [-0.2, -0.15) is 0 Å². The average Bonchev–Trinajstić information content (AvgIpc) is 3.14. The first-order valence-electron chi connectivity index (χ1n) is 6.30. The van der Waals surface area contributed by atoms with Crippen LogP contribution in [0.25, 0.3) is 0 Å². The van der Waals surface area contributed by atoms with Crippen LogP contribution in [0.3, 0.4) is 0 Å². The van der Waals surface area contributed by atoms with E-state index in [1.165, 1.54) is 20.0 Å². The standard InChI is InChI=1S/C11H24N2O4S/c1-16-9-11(17-2)8-13-18(14,15)7-3-6-12-10-4-5-10/h10-13H,3-9H2,1-2H3. The minimum absolute atomic E-state index is 0.149. The maximum Gasteiger partial charge on any atom is 0.211 e. The molecule has 6 nitrogen and oxygen atoms in total. The smallest absolute Gasteiger partial charge is 0.211 e. The number of nitrogens with one attached hydrogen (secondary N) is 2.